The van der Waals surface area contributed by atoms with Gasteiger partial charge in [-0.1, -0.05) is 30.3 Å². The van der Waals surface area contributed by atoms with E-state index in [4.69, 9.17) is 10.5 Å². The number of rotatable bonds is 5. The molecule has 0 spiro atoms. The number of fused-ring (bicyclic) bond motifs is 1. The summed E-state index contributed by atoms with van der Waals surface area (Å²) in [6, 6.07) is 18.3. The molecule has 3 N–H and O–H groups in total. The van der Waals surface area contributed by atoms with Gasteiger partial charge in [-0.2, -0.15) is 0 Å². The molecule has 1 atom stereocenters. The van der Waals surface area contributed by atoms with Crippen LogP contribution in [0.1, 0.15) is 12.8 Å². The first-order valence-corrected chi connectivity index (χ1v) is 9.94. The summed E-state index contributed by atoms with van der Waals surface area (Å²) in [6.07, 6.45) is 6.08. The van der Waals surface area contributed by atoms with Crippen LogP contribution in [0, 0.1) is 0 Å². The number of nitrogens with zero attached hydrogens (tertiary/aromatic N) is 3. The van der Waals surface area contributed by atoms with E-state index < -0.39 is 0 Å². The number of hydrogen-bond donors (Lipinski definition) is 2. The van der Waals surface area contributed by atoms with Gasteiger partial charge in [-0.25, -0.2) is 9.97 Å². The molecule has 1 saturated heterocycles. The lowest BCUT2D eigenvalue weighted by atomic mass is 10.1. The summed E-state index contributed by atoms with van der Waals surface area (Å²) in [6.45, 7) is 1.96. The number of nitrogen functional groups attached to an aromatic ring is 1. The van der Waals surface area contributed by atoms with E-state index in [1.165, 1.54) is 19.2 Å². The standard InChI is InChI=1S/C23H23N5O/c24-22-21-20(14-28(23(21)27-15-26-22)13-17-5-4-12-25-17)16-8-10-19(11-9-16)29-18-6-2-1-3-7-18/h1-3,6-11,14-15,17,25H,4-5,12-13H2,(H2,24,26,27)/t17-/m0/s1. The van der Waals surface area contributed by atoms with E-state index in [9.17, 15) is 0 Å². The van der Waals surface area contributed by atoms with Crippen molar-refractivity contribution in [3.63, 3.8) is 0 Å². The van der Waals surface area contributed by atoms with E-state index in [1.54, 1.807) is 0 Å². The van der Waals surface area contributed by atoms with Crippen LogP contribution in [-0.2, 0) is 6.54 Å². The molecule has 0 amide bonds. The van der Waals surface area contributed by atoms with E-state index in [0.717, 1.165) is 46.7 Å². The number of para-hydroxylation sites is 1. The molecule has 0 bridgehead atoms. The van der Waals surface area contributed by atoms with Crippen LogP contribution in [0.4, 0.5) is 5.82 Å². The van der Waals surface area contributed by atoms with Crippen LogP contribution in [0.5, 0.6) is 11.5 Å². The second-order valence-electron chi connectivity index (χ2n) is 7.39. The monoisotopic (exact) mass is 385 g/mol. The van der Waals surface area contributed by atoms with Gasteiger partial charge in [0.05, 0.1) is 5.39 Å². The Hall–Kier alpha value is -3.38. The first-order chi connectivity index (χ1) is 14.3. The maximum atomic E-state index is 6.24. The van der Waals surface area contributed by atoms with Gasteiger partial charge in [0.15, 0.2) is 0 Å². The van der Waals surface area contributed by atoms with E-state index in [1.807, 2.05) is 42.5 Å². The van der Waals surface area contributed by atoms with Crippen molar-refractivity contribution < 1.29 is 4.74 Å². The average molecular weight is 385 g/mol. The molecule has 0 aliphatic carbocycles. The highest BCUT2D eigenvalue weighted by molar-refractivity contribution is 6.00. The molecule has 1 aliphatic heterocycles. The van der Waals surface area contributed by atoms with Gasteiger partial charge in [-0.05, 0) is 49.2 Å². The third kappa shape index (κ3) is 3.54. The minimum atomic E-state index is 0.469. The van der Waals surface area contributed by atoms with Crippen molar-refractivity contribution in [1.82, 2.24) is 19.9 Å². The predicted molar refractivity (Wildman–Crippen MR) is 115 cm³/mol. The van der Waals surface area contributed by atoms with Gasteiger partial charge in [0.1, 0.15) is 29.3 Å². The maximum Gasteiger partial charge on any atom is 0.146 e. The maximum absolute atomic E-state index is 6.24. The Bertz CT molecular complexity index is 1120. The number of nitrogens with two attached hydrogens (primary N) is 1. The minimum Gasteiger partial charge on any atom is -0.457 e. The summed E-state index contributed by atoms with van der Waals surface area (Å²) in [4.78, 5) is 8.75. The molecule has 146 valence electrons. The number of hydrogen-bond acceptors (Lipinski definition) is 5. The van der Waals surface area contributed by atoms with Crippen LogP contribution in [0.25, 0.3) is 22.2 Å². The van der Waals surface area contributed by atoms with Crippen LogP contribution in [0.3, 0.4) is 0 Å². The highest BCUT2D eigenvalue weighted by atomic mass is 16.5. The van der Waals surface area contributed by atoms with Gasteiger partial charge >= 0.3 is 0 Å². The van der Waals surface area contributed by atoms with Gasteiger partial charge in [0.2, 0.25) is 0 Å². The molecule has 0 unspecified atom stereocenters. The predicted octanol–water partition coefficient (Wildman–Crippen LogP) is 4.22. The fraction of sp³-hybridized carbons (Fsp3) is 0.217. The number of aromatic nitrogens is 3. The Morgan fingerprint density at radius 3 is 2.59 bits per heavy atom. The van der Waals surface area contributed by atoms with Crippen LogP contribution in [0.2, 0.25) is 0 Å². The van der Waals surface area contributed by atoms with Gasteiger partial charge in [0.25, 0.3) is 0 Å². The molecule has 0 saturated carbocycles. The Morgan fingerprint density at radius 2 is 1.83 bits per heavy atom. The van der Waals surface area contributed by atoms with Crippen LogP contribution in [0.15, 0.2) is 67.1 Å². The summed E-state index contributed by atoms with van der Waals surface area (Å²) in [5, 5.41) is 4.46. The van der Waals surface area contributed by atoms with E-state index in [-0.39, 0.29) is 0 Å². The van der Waals surface area contributed by atoms with E-state index >= 15 is 0 Å². The first-order valence-electron chi connectivity index (χ1n) is 9.94. The highest BCUT2D eigenvalue weighted by Gasteiger charge is 2.19. The van der Waals surface area contributed by atoms with Crippen molar-refractivity contribution in [3.8, 4) is 22.6 Å². The number of anilines is 1. The normalized spacial score (nSPS) is 16.3. The van der Waals surface area contributed by atoms with Crippen LogP contribution >= 0.6 is 0 Å². The fourth-order valence-electron chi connectivity index (χ4n) is 3.98. The van der Waals surface area contributed by atoms with Crippen molar-refractivity contribution >= 4 is 16.9 Å². The largest absolute Gasteiger partial charge is 0.457 e. The van der Waals surface area contributed by atoms with Gasteiger partial charge in [-0.15, -0.1) is 0 Å². The van der Waals surface area contributed by atoms with Crippen molar-refractivity contribution in [2.45, 2.75) is 25.4 Å². The molecule has 29 heavy (non-hydrogen) atoms. The molecule has 1 aliphatic rings. The lowest BCUT2D eigenvalue weighted by Crippen LogP contribution is -2.26. The lowest BCUT2D eigenvalue weighted by molar-refractivity contribution is 0.483. The molecule has 6 heteroatoms. The van der Waals surface area contributed by atoms with Gasteiger partial charge < -0.3 is 20.4 Å². The Kier molecular flexibility index (Phi) is 4.62. The fourth-order valence-corrected chi connectivity index (χ4v) is 3.98. The summed E-state index contributed by atoms with van der Waals surface area (Å²) < 4.78 is 8.11. The molecular weight excluding hydrogens is 362 g/mol. The van der Waals surface area contributed by atoms with Gasteiger partial charge in [0, 0.05) is 24.3 Å². The molecule has 5 rings (SSSR count). The van der Waals surface area contributed by atoms with E-state index in [0.29, 0.717) is 11.9 Å². The molecule has 4 aromatic rings. The quantitative estimate of drug-likeness (QED) is 0.538. The number of ether oxygens (including phenoxy) is 1. The molecule has 0 radical (unpaired) electrons. The first kappa shape index (κ1) is 17.7. The second kappa shape index (κ2) is 7.56. The van der Waals surface area contributed by atoms with Crippen molar-refractivity contribution in [1.29, 1.82) is 0 Å². The molecule has 3 heterocycles. The summed E-state index contributed by atoms with van der Waals surface area (Å²) in [5.74, 6) is 2.12. The smallest absolute Gasteiger partial charge is 0.146 e. The molecule has 2 aromatic carbocycles. The third-order valence-electron chi connectivity index (χ3n) is 5.41. The molecule has 1 fully saturated rings. The third-order valence-corrected chi connectivity index (χ3v) is 5.41. The Labute approximate surface area is 169 Å². The summed E-state index contributed by atoms with van der Waals surface area (Å²) in [7, 11) is 0. The van der Waals surface area contributed by atoms with Gasteiger partial charge in [-0.3, -0.25) is 0 Å². The zero-order valence-corrected chi connectivity index (χ0v) is 16.1. The topological polar surface area (TPSA) is 78.0 Å². The molecule has 6 nitrogen and oxygen atoms in total. The summed E-state index contributed by atoms with van der Waals surface area (Å²) >= 11 is 0. The Balaban J connectivity index is 1.49. The van der Waals surface area contributed by atoms with Crippen molar-refractivity contribution in [2.75, 3.05) is 12.3 Å². The SMILES string of the molecule is Nc1ncnc2c1c(-c1ccc(Oc3ccccc3)cc1)cn2C[C@@H]1CCCN1. The number of nitrogens with one attached hydrogen (secondary N) is 1. The zero-order valence-electron chi connectivity index (χ0n) is 16.1. The number of benzene rings is 2. The zero-order chi connectivity index (χ0) is 19.6. The lowest BCUT2D eigenvalue weighted by Gasteiger charge is -2.11. The van der Waals surface area contributed by atoms with Crippen LogP contribution < -0.4 is 15.8 Å². The molecular formula is C23H23N5O. The second-order valence-corrected chi connectivity index (χ2v) is 7.39. The average Bonchev–Trinajstić information content (AvgIpc) is 3.39. The Morgan fingerprint density at radius 1 is 1.03 bits per heavy atom. The highest BCUT2D eigenvalue weighted by Crippen LogP contribution is 2.34. The van der Waals surface area contributed by atoms with E-state index in [2.05, 4.69) is 38.2 Å². The van der Waals surface area contributed by atoms with Crippen LogP contribution in [-0.4, -0.2) is 27.1 Å². The minimum absolute atomic E-state index is 0.469. The van der Waals surface area contributed by atoms with Crippen molar-refractivity contribution in [3.05, 3.63) is 67.1 Å². The summed E-state index contributed by atoms with van der Waals surface area (Å²) in [5.41, 5.74) is 9.23. The molecule has 2 aromatic heterocycles. The van der Waals surface area contributed by atoms with Crippen molar-refractivity contribution in [2.24, 2.45) is 0 Å².